The number of carbonyl (C=O) groups is 1. The standard InChI is InChI=1S/C23H17ClF2N4O3S/c1-13(16-8-6-15(25)12-18(16)26)29-23(31)17-7-5-14(24)11-20(17)30-34(32,33)21-4-2-3-19-22(21)28-10-9-27-19/h2-13,30H,1H3,(H,29,31). The minimum atomic E-state index is -4.20. The Balaban J connectivity index is 1.66. The van der Waals surface area contributed by atoms with Gasteiger partial charge in [-0.2, -0.15) is 0 Å². The van der Waals surface area contributed by atoms with Crippen LogP contribution in [0, 0.1) is 11.6 Å². The molecule has 1 heterocycles. The zero-order valence-electron chi connectivity index (χ0n) is 17.6. The molecule has 0 bridgehead atoms. The van der Waals surface area contributed by atoms with Crippen LogP contribution in [-0.4, -0.2) is 24.3 Å². The van der Waals surface area contributed by atoms with E-state index in [0.717, 1.165) is 6.07 Å². The highest BCUT2D eigenvalue weighted by Gasteiger charge is 2.23. The molecule has 4 aromatic rings. The monoisotopic (exact) mass is 502 g/mol. The van der Waals surface area contributed by atoms with E-state index in [1.165, 1.54) is 55.7 Å². The summed E-state index contributed by atoms with van der Waals surface area (Å²) in [6.07, 6.45) is 2.81. The van der Waals surface area contributed by atoms with Gasteiger partial charge in [0.15, 0.2) is 0 Å². The summed E-state index contributed by atoms with van der Waals surface area (Å²) >= 11 is 6.05. The maximum absolute atomic E-state index is 14.1. The SMILES string of the molecule is CC(NC(=O)c1ccc(Cl)cc1NS(=O)(=O)c1cccc2nccnc12)c1ccc(F)cc1F. The number of nitrogens with zero attached hydrogens (tertiary/aromatic N) is 2. The zero-order valence-corrected chi connectivity index (χ0v) is 19.2. The molecular formula is C23H17ClF2N4O3S. The first-order chi connectivity index (χ1) is 16.2. The number of anilines is 1. The van der Waals surface area contributed by atoms with Crippen LogP contribution in [0.15, 0.2) is 71.9 Å². The summed E-state index contributed by atoms with van der Waals surface area (Å²) in [5.41, 5.74) is 0.474. The van der Waals surface area contributed by atoms with Crippen molar-refractivity contribution in [3.05, 3.63) is 94.8 Å². The van der Waals surface area contributed by atoms with E-state index in [0.29, 0.717) is 11.6 Å². The van der Waals surface area contributed by atoms with Crippen LogP contribution in [0.3, 0.4) is 0 Å². The first-order valence-corrected chi connectivity index (χ1v) is 11.8. The van der Waals surface area contributed by atoms with Gasteiger partial charge < -0.3 is 5.32 Å². The van der Waals surface area contributed by atoms with E-state index < -0.39 is 33.6 Å². The van der Waals surface area contributed by atoms with Gasteiger partial charge in [0.05, 0.1) is 22.8 Å². The van der Waals surface area contributed by atoms with E-state index in [4.69, 9.17) is 11.6 Å². The van der Waals surface area contributed by atoms with E-state index in [1.807, 2.05) is 0 Å². The number of hydrogen-bond acceptors (Lipinski definition) is 5. The molecule has 1 amide bonds. The Hall–Kier alpha value is -3.63. The molecule has 0 fully saturated rings. The Bertz CT molecular complexity index is 1510. The van der Waals surface area contributed by atoms with Gasteiger partial charge >= 0.3 is 0 Å². The molecule has 7 nitrogen and oxygen atoms in total. The highest BCUT2D eigenvalue weighted by molar-refractivity contribution is 7.93. The molecule has 0 saturated heterocycles. The number of amides is 1. The van der Waals surface area contributed by atoms with Crippen molar-refractivity contribution < 1.29 is 22.0 Å². The molecular weight excluding hydrogens is 486 g/mol. The van der Waals surface area contributed by atoms with Crippen molar-refractivity contribution in [1.29, 1.82) is 0 Å². The third kappa shape index (κ3) is 4.82. The predicted octanol–water partition coefficient (Wildman–Crippen LogP) is 4.85. The topological polar surface area (TPSA) is 101 Å². The second-order valence-electron chi connectivity index (χ2n) is 7.34. The number of sulfonamides is 1. The lowest BCUT2D eigenvalue weighted by molar-refractivity contribution is 0.0940. The van der Waals surface area contributed by atoms with Crippen molar-refractivity contribution in [3.63, 3.8) is 0 Å². The van der Waals surface area contributed by atoms with Gasteiger partial charge in [0.25, 0.3) is 15.9 Å². The molecule has 34 heavy (non-hydrogen) atoms. The lowest BCUT2D eigenvalue weighted by Crippen LogP contribution is -2.28. The lowest BCUT2D eigenvalue weighted by Gasteiger charge is -2.18. The number of rotatable bonds is 6. The molecule has 0 aliphatic rings. The predicted molar refractivity (Wildman–Crippen MR) is 124 cm³/mol. The van der Waals surface area contributed by atoms with Gasteiger partial charge in [-0.3, -0.25) is 19.5 Å². The highest BCUT2D eigenvalue weighted by atomic mass is 35.5. The van der Waals surface area contributed by atoms with Crippen LogP contribution >= 0.6 is 11.6 Å². The average molecular weight is 503 g/mol. The molecule has 0 radical (unpaired) electrons. The fraction of sp³-hybridized carbons (Fsp3) is 0.0870. The van der Waals surface area contributed by atoms with E-state index >= 15 is 0 Å². The van der Waals surface area contributed by atoms with Crippen LogP contribution in [0.4, 0.5) is 14.5 Å². The van der Waals surface area contributed by atoms with Gasteiger partial charge in [-0.25, -0.2) is 17.2 Å². The second-order valence-corrected chi connectivity index (χ2v) is 9.42. The van der Waals surface area contributed by atoms with Crippen molar-refractivity contribution in [1.82, 2.24) is 15.3 Å². The smallest absolute Gasteiger partial charge is 0.264 e. The van der Waals surface area contributed by atoms with Crippen LogP contribution in [-0.2, 0) is 10.0 Å². The molecule has 11 heteroatoms. The van der Waals surface area contributed by atoms with Crippen molar-refractivity contribution in [3.8, 4) is 0 Å². The molecule has 2 N–H and O–H groups in total. The molecule has 0 aliphatic heterocycles. The first-order valence-electron chi connectivity index (χ1n) is 9.93. The molecule has 0 spiro atoms. The van der Waals surface area contributed by atoms with Gasteiger partial charge in [-0.05, 0) is 43.3 Å². The summed E-state index contributed by atoms with van der Waals surface area (Å²) < 4.78 is 56.1. The Morgan fingerprint density at radius 3 is 2.56 bits per heavy atom. The third-order valence-corrected chi connectivity index (χ3v) is 6.63. The summed E-state index contributed by atoms with van der Waals surface area (Å²) in [6.45, 7) is 1.52. The summed E-state index contributed by atoms with van der Waals surface area (Å²) in [5, 5.41) is 2.77. The molecule has 1 unspecified atom stereocenters. The maximum atomic E-state index is 14.1. The number of fused-ring (bicyclic) bond motifs is 1. The minimum absolute atomic E-state index is 0.0475. The molecule has 0 aliphatic carbocycles. The van der Waals surface area contributed by atoms with Crippen LogP contribution in [0.1, 0.15) is 28.9 Å². The van der Waals surface area contributed by atoms with E-state index in [-0.39, 0.29) is 32.2 Å². The van der Waals surface area contributed by atoms with E-state index in [1.54, 1.807) is 6.07 Å². The van der Waals surface area contributed by atoms with Crippen molar-refractivity contribution >= 4 is 44.3 Å². The number of benzene rings is 3. The van der Waals surface area contributed by atoms with Crippen molar-refractivity contribution in [2.24, 2.45) is 0 Å². The van der Waals surface area contributed by atoms with Crippen LogP contribution in [0.5, 0.6) is 0 Å². The molecule has 4 rings (SSSR count). The van der Waals surface area contributed by atoms with Crippen LogP contribution < -0.4 is 10.0 Å². The Labute approximate surface area is 198 Å². The minimum Gasteiger partial charge on any atom is -0.345 e. The highest BCUT2D eigenvalue weighted by Crippen LogP contribution is 2.27. The number of nitrogens with one attached hydrogen (secondary N) is 2. The number of hydrogen-bond donors (Lipinski definition) is 2. The fourth-order valence-corrected chi connectivity index (χ4v) is 4.80. The summed E-state index contributed by atoms with van der Waals surface area (Å²) in [4.78, 5) is 21.0. The summed E-state index contributed by atoms with van der Waals surface area (Å²) in [7, 11) is -4.20. The lowest BCUT2D eigenvalue weighted by atomic mass is 10.1. The van der Waals surface area contributed by atoms with Gasteiger partial charge in [-0.1, -0.05) is 23.7 Å². The van der Waals surface area contributed by atoms with Crippen molar-refractivity contribution in [2.45, 2.75) is 17.9 Å². The van der Waals surface area contributed by atoms with Gasteiger partial charge in [0, 0.05) is 29.0 Å². The summed E-state index contributed by atoms with van der Waals surface area (Å²) in [6, 6.07) is 10.7. The Morgan fingerprint density at radius 1 is 1.03 bits per heavy atom. The van der Waals surface area contributed by atoms with Gasteiger partial charge in [-0.15, -0.1) is 0 Å². The maximum Gasteiger partial charge on any atom is 0.264 e. The normalized spacial score (nSPS) is 12.4. The summed E-state index contributed by atoms with van der Waals surface area (Å²) in [5.74, 6) is -2.25. The first kappa shape index (κ1) is 23.5. The molecule has 1 aromatic heterocycles. The number of aromatic nitrogens is 2. The largest absolute Gasteiger partial charge is 0.345 e. The number of carbonyl (C=O) groups excluding carboxylic acids is 1. The van der Waals surface area contributed by atoms with E-state index in [2.05, 4.69) is 20.0 Å². The quantitative estimate of drug-likeness (QED) is 0.392. The average Bonchev–Trinajstić information content (AvgIpc) is 2.78. The fourth-order valence-electron chi connectivity index (χ4n) is 3.39. The Kier molecular flexibility index (Phi) is 6.45. The molecule has 174 valence electrons. The second kappa shape index (κ2) is 9.32. The van der Waals surface area contributed by atoms with Gasteiger partial charge in [0.2, 0.25) is 0 Å². The van der Waals surface area contributed by atoms with E-state index in [9.17, 15) is 22.0 Å². The number of para-hydroxylation sites is 1. The molecule has 0 saturated carbocycles. The molecule has 1 atom stereocenters. The van der Waals surface area contributed by atoms with Gasteiger partial charge in [0.1, 0.15) is 22.0 Å². The van der Waals surface area contributed by atoms with Crippen LogP contribution in [0.2, 0.25) is 5.02 Å². The molecule has 3 aromatic carbocycles. The Morgan fingerprint density at radius 2 is 1.79 bits per heavy atom. The third-order valence-electron chi connectivity index (χ3n) is 5.00. The van der Waals surface area contributed by atoms with Crippen molar-refractivity contribution in [2.75, 3.05) is 4.72 Å². The number of halogens is 3. The zero-order chi connectivity index (χ0) is 24.5. The van der Waals surface area contributed by atoms with Crippen LogP contribution in [0.25, 0.3) is 11.0 Å².